The molecule has 0 aromatic heterocycles. The zero-order valence-corrected chi connectivity index (χ0v) is 13.5. The first kappa shape index (κ1) is 17.9. The van der Waals surface area contributed by atoms with Gasteiger partial charge in [0, 0.05) is 12.6 Å². The molecule has 0 aliphatic carbocycles. The van der Waals surface area contributed by atoms with Gasteiger partial charge >= 0.3 is 0 Å². The Hall–Kier alpha value is -0.0800. The molecule has 2 nitrogen and oxygen atoms in total. The molecule has 1 N–H and O–H groups in total. The van der Waals surface area contributed by atoms with Crippen LogP contribution >= 0.6 is 0 Å². The first-order valence-electron chi connectivity index (χ1n) is 7.82. The molecule has 0 bridgehead atoms. The smallest absolute Gasteiger partial charge is 0.0775 e. The zero-order chi connectivity index (χ0) is 14.0. The molecule has 0 rings (SSSR count). The Morgan fingerprint density at radius 2 is 1.67 bits per heavy atom. The molecule has 0 heterocycles. The summed E-state index contributed by atoms with van der Waals surface area (Å²) in [7, 11) is 0. The van der Waals surface area contributed by atoms with E-state index in [1.807, 2.05) is 0 Å². The third-order valence-corrected chi connectivity index (χ3v) is 3.34. The number of hydrogen-bond acceptors (Lipinski definition) is 2. The van der Waals surface area contributed by atoms with Gasteiger partial charge in [-0.15, -0.1) is 0 Å². The molecule has 0 aliphatic heterocycles. The number of unbranched alkanes of at least 4 members (excludes halogenated alkanes) is 2. The Morgan fingerprint density at radius 1 is 1.00 bits per heavy atom. The van der Waals surface area contributed by atoms with Crippen LogP contribution in [0.3, 0.4) is 0 Å². The predicted octanol–water partition coefficient (Wildman–Crippen LogP) is 4.39. The fraction of sp³-hybridized carbons (Fsp3) is 1.00. The van der Waals surface area contributed by atoms with Gasteiger partial charge in [0.1, 0.15) is 0 Å². The van der Waals surface area contributed by atoms with E-state index in [1.54, 1.807) is 0 Å². The summed E-state index contributed by atoms with van der Waals surface area (Å²) in [5.74, 6) is 0. The van der Waals surface area contributed by atoms with Crippen LogP contribution in [0, 0.1) is 5.41 Å². The first-order valence-corrected chi connectivity index (χ1v) is 7.82. The van der Waals surface area contributed by atoms with Crippen molar-refractivity contribution < 1.29 is 4.74 Å². The lowest BCUT2D eigenvalue weighted by atomic mass is 9.82. The highest BCUT2D eigenvalue weighted by molar-refractivity contribution is 4.86. The molecule has 2 unspecified atom stereocenters. The maximum Gasteiger partial charge on any atom is 0.0775 e. The van der Waals surface area contributed by atoms with Crippen molar-refractivity contribution in [2.45, 2.75) is 85.8 Å². The van der Waals surface area contributed by atoms with E-state index in [2.05, 4.69) is 46.9 Å². The van der Waals surface area contributed by atoms with Crippen molar-refractivity contribution in [3.8, 4) is 0 Å². The second kappa shape index (κ2) is 9.80. The highest BCUT2D eigenvalue weighted by atomic mass is 16.5. The van der Waals surface area contributed by atoms with Crippen molar-refractivity contribution in [1.82, 2.24) is 5.32 Å². The van der Waals surface area contributed by atoms with Gasteiger partial charge in [-0.05, 0) is 31.7 Å². The van der Waals surface area contributed by atoms with E-state index in [0.29, 0.717) is 12.1 Å². The van der Waals surface area contributed by atoms with Crippen molar-refractivity contribution in [2.75, 3.05) is 13.2 Å². The molecule has 0 aromatic rings. The van der Waals surface area contributed by atoms with Crippen LogP contribution in [0.15, 0.2) is 0 Å². The Balaban J connectivity index is 4.52. The predicted molar refractivity (Wildman–Crippen MR) is 81.1 cm³/mol. The average Bonchev–Trinajstić information content (AvgIpc) is 2.30. The lowest BCUT2D eigenvalue weighted by Gasteiger charge is -2.37. The Labute approximate surface area is 115 Å². The molecule has 0 fully saturated rings. The lowest BCUT2D eigenvalue weighted by Crippen LogP contribution is -2.48. The lowest BCUT2D eigenvalue weighted by molar-refractivity contribution is -0.0377. The van der Waals surface area contributed by atoms with Crippen molar-refractivity contribution in [3.05, 3.63) is 0 Å². The molecule has 0 aliphatic rings. The quantitative estimate of drug-likeness (QED) is 0.586. The standard InChI is InChI=1S/C16H35NO/c1-7-10-11-12-14(17-13-8-2)15(18-9-3)16(4,5)6/h14-15,17H,7-13H2,1-6H3. The first-order chi connectivity index (χ1) is 8.47. The summed E-state index contributed by atoms with van der Waals surface area (Å²) in [6.07, 6.45) is 6.65. The number of rotatable bonds is 10. The van der Waals surface area contributed by atoms with Gasteiger partial charge in [0.15, 0.2) is 0 Å². The Morgan fingerprint density at radius 3 is 2.11 bits per heavy atom. The van der Waals surface area contributed by atoms with Crippen molar-refractivity contribution >= 4 is 0 Å². The van der Waals surface area contributed by atoms with E-state index in [1.165, 1.54) is 32.1 Å². The van der Waals surface area contributed by atoms with Gasteiger partial charge in [-0.3, -0.25) is 0 Å². The molecular weight excluding hydrogens is 222 g/mol. The molecule has 0 saturated heterocycles. The monoisotopic (exact) mass is 257 g/mol. The summed E-state index contributed by atoms with van der Waals surface area (Å²) in [6, 6.07) is 0.497. The number of nitrogens with one attached hydrogen (secondary N) is 1. The Kier molecular flexibility index (Phi) is 9.76. The third kappa shape index (κ3) is 7.38. The highest BCUT2D eigenvalue weighted by Crippen LogP contribution is 2.27. The molecule has 0 amide bonds. The maximum absolute atomic E-state index is 6.03. The van der Waals surface area contributed by atoms with Gasteiger partial charge in [-0.25, -0.2) is 0 Å². The van der Waals surface area contributed by atoms with Gasteiger partial charge in [-0.1, -0.05) is 53.9 Å². The minimum atomic E-state index is 0.202. The molecule has 0 radical (unpaired) electrons. The van der Waals surface area contributed by atoms with Gasteiger partial charge < -0.3 is 10.1 Å². The summed E-state index contributed by atoms with van der Waals surface area (Å²) in [6.45, 7) is 15.3. The van der Waals surface area contributed by atoms with Crippen LogP contribution in [0.2, 0.25) is 0 Å². The minimum absolute atomic E-state index is 0.202. The molecule has 110 valence electrons. The van der Waals surface area contributed by atoms with E-state index in [0.717, 1.165) is 13.2 Å². The van der Waals surface area contributed by atoms with Crippen LogP contribution in [0.4, 0.5) is 0 Å². The van der Waals surface area contributed by atoms with Crippen LogP contribution < -0.4 is 5.32 Å². The third-order valence-electron chi connectivity index (χ3n) is 3.34. The molecular formula is C16H35NO. The minimum Gasteiger partial charge on any atom is -0.376 e. The van der Waals surface area contributed by atoms with E-state index < -0.39 is 0 Å². The highest BCUT2D eigenvalue weighted by Gasteiger charge is 2.32. The fourth-order valence-electron chi connectivity index (χ4n) is 2.45. The van der Waals surface area contributed by atoms with Crippen molar-refractivity contribution in [1.29, 1.82) is 0 Å². The van der Waals surface area contributed by atoms with E-state index >= 15 is 0 Å². The second-order valence-electron chi connectivity index (χ2n) is 6.30. The largest absolute Gasteiger partial charge is 0.376 e. The summed E-state index contributed by atoms with van der Waals surface area (Å²) in [5.41, 5.74) is 0.202. The van der Waals surface area contributed by atoms with Crippen molar-refractivity contribution in [2.24, 2.45) is 5.41 Å². The molecule has 2 heteroatoms. The average molecular weight is 257 g/mol. The van der Waals surface area contributed by atoms with Crippen molar-refractivity contribution in [3.63, 3.8) is 0 Å². The normalized spacial score (nSPS) is 15.7. The molecule has 18 heavy (non-hydrogen) atoms. The van der Waals surface area contributed by atoms with E-state index in [4.69, 9.17) is 4.74 Å². The zero-order valence-electron chi connectivity index (χ0n) is 13.5. The van der Waals surface area contributed by atoms with Gasteiger partial charge in [-0.2, -0.15) is 0 Å². The summed E-state index contributed by atoms with van der Waals surface area (Å²) in [4.78, 5) is 0. The van der Waals surface area contributed by atoms with Gasteiger partial charge in [0.2, 0.25) is 0 Å². The topological polar surface area (TPSA) is 21.3 Å². The van der Waals surface area contributed by atoms with Gasteiger partial charge in [0.25, 0.3) is 0 Å². The van der Waals surface area contributed by atoms with Crippen LogP contribution in [0.25, 0.3) is 0 Å². The number of ether oxygens (including phenoxy) is 1. The summed E-state index contributed by atoms with van der Waals surface area (Å²) < 4.78 is 6.03. The van der Waals surface area contributed by atoms with Crippen LogP contribution in [0.1, 0.15) is 73.6 Å². The SMILES string of the molecule is CCCCCC(NCCC)C(OCC)C(C)(C)C. The molecule has 2 atom stereocenters. The van der Waals surface area contributed by atoms with E-state index in [9.17, 15) is 0 Å². The summed E-state index contributed by atoms with van der Waals surface area (Å²) in [5, 5.41) is 3.69. The van der Waals surface area contributed by atoms with Gasteiger partial charge in [0.05, 0.1) is 6.10 Å². The number of hydrogen-bond donors (Lipinski definition) is 1. The summed E-state index contributed by atoms with van der Waals surface area (Å²) >= 11 is 0. The molecule has 0 spiro atoms. The Bertz CT molecular complexity index is 186. The molecule has 0 saturated carbocycles. The second-order valence-corrected chi connectivity index (χ2v) is 6.30. The molecule has 0 aromatic carbocycles. The van der Waals surface area contributed by atoms with Crippen LogP contribution in [-0.4, -0.2) is 25.3 Å². The van der Waals surface area contributed by atoms with Crippen LogP contribution in [-0.2, 0) is 4.74 Å². The van der Waals surface area contributed by atoms with E-state index in [-0.39, 0.29) is 5.41 Å². The maximum atomic E-state index is 6.03. The van der Waals surface area contributed by atoms with Crippen LogP contribution in [0.5, 0.6) is 0 Å². The fourth-order valence-corrected chi connectivity index (χ4v) is 2.45.